The molecule has 10 nitrogen and oxygen atoms in total. The number of carbonyl (C=O) groups excluding carboxylic acids is 4. The van der Waals surface area contributed by atoms with Gasteiger partial charge in [-0.25, -0.2) is 0 Å². The molecular formula is C29H36ClN3O7. The first-order valence-electron chi connectivity index (χ1n) is 13.5. The van der Waals surface area contributed by atoms with Crippen molar-refractivity contribution < 1.29 is 33.8 Å². The highest BCUT2D eigenvalue weighted by Crippen LogP contribution is 2.58. The SMILES string of the molecule is C=CCCC(=O)NC[C@H](C)OC(=O)[C@@H]1[C@H]2C(=O)N(CCO)[C@H](C(=O)N(CC=C)c3ccc(Cl)cc3)[C@]23CC[C@H]1O3. The van der Waals surface area contributed by atoms with E-state index in [1.165, 1.54) is 9.80 Å². The number of carbonyl (C=O) groups is 4. The Morgan fingerprint density at radius 2 is 2.02 bits per heavy atom. The Labute approximate surface area is 238 Å². The van der Waals surface area contributed by atoms with Crippen LogP contribution in [0.4, 0.5) is 5.69 Å². The van der Waals surface area contributed by atoms with Crippen molar-refractivity contribution in [3.63, 3.8) is 0 Å². The highest BCUT2D eigenvalue weighted by atomic mass is 35.5. The van der Waals surface area contributed by atoms with Gasteiger partial charge in [-0.2, -0.15) is 0 Å². The molecule has 11 heteroatoms. The number of aliphatic hydroxyl groups excluding tert-OH is 1. The largest absolute Gasteiger partial charge is 0.460 e. The van der Waals surface area contributed by atoms with Gasteiger partial charge in [0.25, 0.3) is 5.91 Å². The van der Waals surface area contributed by atoms with E-state index in [1.807, 2.05) is 0 Å². The van der Waals surface area contributed by atoms with Gasteiger partial charge in [0.2, 0.25) is 11.8 Å². The van der Waals surface area contributed by atoms with E-state index in [2.05, 4.69) is 18.5 Å². The molecule has 6 atom stereocenters. The van der Waals surface area contributed by atoms with Crippen molar-refractivity contribution >= 4 is 41.0 Å². The third-order valence-electron chi connectivity index (χ3n) is 7.84. The zero-order chi connectivity index (χ0) is 29.0. The standard InChI is InChI=1S/C29H36ClN3O7/c1-4-6-7-22(35)31-17-18(3)39-28(38)23-21-12-13-29(40-21)24(23)26(36)33(15-16-34)25(29)27(37)32(14-5-2)20-10-8-19(30)9-11-20/h4-5,8-11,18,21,23-25,34H,1-2,6-7,12-17H2,3H3,(H,31,35)/t18-,21+,23-,24-,25+,29-/m0/s1. The molecule has 3 aliphatic rings. The molecule has 4 rings (SSSR count). The van der Waals surface area contributed by atoms with Gasteiger partial charge in [0.15, 0.2) is 0 Å². The van der Waals surface area contributed by atoms with Crippen LogP contribution in [0, 0.1) is 11.8 Å². The maximum absolute atomic E-state index is 14.2. The van der Waals surface area contributed by atoms with E-state index in [9.17, 15) is 24.3 Å². The highest BCUT2D eigenvalue weighted by Gasteiger charge is 2.75. The van der Waals surface area contributed by atoms with Crippen molar-refractivity contribution in [3.05, 3.63) is 54.6 Å². The number of nitrogens with zero attached hydrogens (tertiary/aromatic N) is 2. The van der Waals surface area contributed by atoms with Gasteiger partial charge in [0, 0.05) is 30.2 Å². The van der Waals surface area contributed by atoms with E-state index >= 15 is 0 Å². The molecule has 0 aromatic heterocycles. The van der Waals surface area contributed by atoms with Crippen LogP contribution in [0.15, 0.2) is 49.6 Å². The van der Waals surface area contributed by atoms with Gasteiger partial charge in [0.1, 0.15) is 17.7 Å². The summed E-state index contributed by atoms with van der Waals surface area (Å²) in [5, 5.41) is 13.0. The smallest absolute Gasteiger partial charge is 0.312 e. The van der Waals surface area contributed by atoms with E-state index < -0.39 is 53.5 Å². The van der Waals surface area contributed by atoms with Crippen LogP contribution < -0.4 is 10.2 Å². The second kappa shape index (κ2) is 12.5. The number of aliphatic hydroxyl groups is 1. The maximum Gasteiger partial charge on any atom is 0.312 e. The number of halogens is 1. The van der Waals surface area contributed by atoms with Gasteiger partial charge in [-0.05, 0) is 50.5 Å². The highest BCUT2D eigenvalue weighted by molar-refractivity contribution is 6.30. The monoisotopic (exact) mass is 573 g/mol. The van der Waals surface area contributed by atoms with E-state index in [0.29, 0.717) is 30.0 Å². The van der Waals surface area contributed by atoms with Crippen LogP contribution in [0.5, 0.6) is 0 Å². The molecule has 3 amide bonds. The Kier molecular flexibility index (Phi) is 9.33. The lowest BCUT2D eigenvalue weighted by Gasteiger charge is -2.36. The van der Waals surface area contributed by atoms with E-state index in [1.54, 1.807) is 43.3 Å². The lowest BCUT2D eigenvalue weighted by atomic mass is 9.70. The minimum atomic E-state index is -1.23. The molecule has 0 saturated carbocycles. The molecule has 1 aromatic rings. The summed E-state index contributed by atoms with van der Waals surface area (Å²) in [7, 11) is 0. The summed E-state index contributed by atoms with van der Waals surface area (Å²) in [4.78, 5) is 56.2. The number of amides is 3. The third kappa shape index (κ3) is 5.53. The lowest BCUT2D eigenvalue weighted by molar-refractivity contribution is -0.159. The van der Waals surface area contributed by atoms with Crippen LogP contribution in [0.3, 0.4) is 0 Å². The second-order valence-corrected chi connectivity index (χ2v) is 10.8. The van der Waals surface area contributed by atoms with Gasteiger partial charge in [-0.1, -0.05) is 23.8 Å². The molecule has 40 heavy (non-hydrogen) atoms. The molecule has 0 aliphatic carbocycles. The predicted molar refractivity (Wildman–Crippen MR) is 148 cm³/mol. The molecule has 2 bridgehead atoms. The normalized spacial score (nSPS) is 27.2. The fourth-order valence-electron chi connectivity index (χ4n) is 6.17. The molecule has 0 unspecified atom stereocenters. The van der Waals surface area contributed by atoms with Crippen LogP contribution in [0.1, 0.15) is 32.6 Å². The van der Waals surface area contributed by atoms with Gasteiger partial charge in [-0.15, -0.1) is 13.2 Å². The average Bonchev–Trinajstić information content (AvgIpc) is 3.57. The van der Waals surface area contributed by atoms with E-state index in [0.717, 1.165) is 0 Å². The molecule has 1 aromatic carbocycles. The number of nitrogens with one attached hydrogen (secondary N) is 1. The number of anilines is 1. The summed E-state index contributed by atoms with van der Waals surface area (Å²) in [5.41, 5.74) is -0.663. The van der Waals surface area contributed by atoms with Crippen molar-refractivity contribution in [2.24, 2.45) is 11.8 Å². The fourth-order valence-corrected chi connectivity index (χ4v) is 6.29. The molecular weight excluding hydrogens is 538 g/mol. The first-order chi connectivity index (χ1) is 19.2. The van der Waals surface area contributed by atoms with Crippen molar-refractivity contribution in [1.82, 2.24) is 10.2 Å². The van der Waals surface area contributed by atoms with Crippen molar-refractivity contribution in [2.45, 2.75) is 56.5 Å². The average molecular weight is 574 g/mol. The molecule has 2 N–H and O–H groups in total. The molecule has 3 aliphatic heterocycles. The number of ether oxygens (including phenoxy) is 2. The minimum Gasteiger partial charge on any atom is -0.460 e. The minimum absolute atomic E-state index is 0.0844. The molecule has 3 heterocycles. The Morgan fingerprint density at radius 3 is 2.67 bits per heavy atom. The number of rotatable bonds is 13. The summed E-state index contributed by atoms with van der Waals surface area (Å²) in [6.07, 6.45) is 3.74. The number of β-amino-alcohol motifs (C(OH)–C–C–N with tert-alkyl or cyclic N) is 1. The van der Waals surface area contributed by atoms with Gasteiger partial charge >= 0.3 is 5.97 Å². The summed E-state index contributed by atoms with van der Waals surface area (Å²) >= 11 is 6.05. The Hall–Kier alpha value is -3.21. The first kappa shape index (κ1) is 29.8. The molecule has 3 saturated heterocycles. The molecule has 216 valence electrons. The zero-order valence-corrected chi connectivity index (χ0v) is 23.3. The van der Waals surface area contributed by atoms with Crippen LogP contribution >= 0.6 is 11.6 Å². The fraction of sp³-hybridized carbons (Fsp3) is 0.517. The summed E-state index contributed by atoms with van der Waals surface area (Å²) in [6, 6.07) is 5.70. The Morgan fingerprint density at radius 1 is 1.30 bits per heavy atom. The molecule has 3 fully saturated rings. The van der Waals surface area contributed by atoms with E-state index in [4.69, 9.17) is 21.1 Å². The van der Waals surface area contributed by atoms with Crippen LogP contribution in [0.25, 0.3) is 0 Å². The quantitative estimate of drug-likeness (QED) is 0.274. The Balaban J connectivity index is 1.57. The van der Waals surface area contributed by atoms with Gasteiger partial charge < -0.3 is 29.7 Å². The number of likely N-dealkylation sites (tertiary alicyclic amines) is 1. The summed E-state index contributed by atoms with van der Waals surface area (Å²) in [6.45, 7) is 8.88. The van der Waals surface area contributed by atoms with Crippen molar-refractivity contribution in [2.75, 3.05) is 31.1 Å². The number of esters is 1. The number of fused-ring (bicyclic) bond motifs is 1. The number of hydrogen-bond acceptors (Lipinski definition) is 7. The van der Waals surface area contributed by atoms with E-state index in [-0.39, 0.29) is 38.6 Å². The van der Waals surface area contributed by atoms with Gasteiger partial charge in [0.05, 0.1) is 31.1 Å². The second-order valence-electron chi connectivity index (χ2n) is 10.4. The lowest BCUT2D eigenvalue weighted by Crippen LogP contribution is -2.56. The topological polar surface area (TPSA) is 125 Å². The number of hydrogen-bond donors (Lipinski definition) is 2. The van der Waals surface area contributed by atoms with Crippen LogP contribution in [0.2, 0.25) is 5.02 Å². The molecule has 1 spiro atoms. The first-order valence-corrected chi connectivity index (χ1v) is 13.9. The van der Waals surface area contributed by atoms with Gasteiger partial charge in [-0.3, -0.25) is 19.2 Å². The summed E-state index contributed by atoms with van der Waals surface area (Å²) < 4.78 is 12.0. The maximum atomic E-state index is 14.2. The third-order valence-corrected chi connectivity index (χ3v) is 8.09. The van der Waals surface area contributed by atoms with Crippen molar-refractivity contribution in [3.8, 4) is 0 Å². The number of benzene rings is 1. The number of allylic oxidation sites excluding steroid dienone is 1. The predicted octanol–water partition coefficient (Wildman–Crippen LogP) is 2.24. The Bertz CT molecular complexity index is 1160. The van der Waals surface area contributed by atoms with Crippen molar-refractivity contribution in [1.29, 1.82) is 0 Å². The van der Waals surface area contributed by atoms with Crippen LogP contribution in [-0.4, -0.2) is 83.8 Å². The molecule has 0 radical (unpaired) electrons. The summed E-state index contributed by atoms with van der Waals surface area (Å²) in [5.74, 6) is -3.42. The van der Waals surface area contributed by atoms with Crippen LogP contribution in [-0.2, 0) is 28.7 Å². The zero-order valence-electron chi connectivity index (χ0n) is 22.6.